The molecule has 6 N–H and O–H groups in total. The number of aliphatic hydroxyl groups is 6. The number of esters is 2. The molecule has 0 amide bonds. The Morgan fingerprint density at radius 1 is 0.904 bits per heavy atom. The zero-order chi connectivity index (χ0) is 36.9. The Kier molecular flexibility index (Phi) is 10.8. The second-order valence-corrected chi connectivity index (χ2v) is 14.8. The van der Waals surface area contributed by atoms with E-state index in [0.29, 0.717) is 19.4 Å². The van der Waals surface area contributed by atoms with E-state index >= 15 is 0 Å². The molecule has 2 spiro atoms. The lowest BCUT2D eigenvalue weighted by Crippen LogP contribution is -2.64. The summed E-state index contributed by atoms with van der Waals surface area (Å²) in [5, 5.41) is 62.1. The van der Waals surface area contributed by atoms with Gasteiger partial charge in [-0.05, 0) is 37.8 Å². The van der Waals surface area contributed by atoms with Gasteiger partial charge >= 0.3 is 11.9 Å². The van der Waals surface area contributed by atoms with Crippen molar-refractivity contribution in [2.45, 2.75) is 125 Å². The molecule has 52 heavy (non-hydrogen) atoms. The number of aliphatic hydroxyl groups excluding tert-OH is 6. The minimum Gasteiger partial charge on any atom is -0.459 e. The first-order chi connectivity index (χ1) is 24.9. The number of hydrogen-bond acceptors (Lipinski definition) is 16. The summed E-state index contributed by atoms with van der Waals surface area (Å²) >= 11 is 0. The predicted molar refractivity (Wildman–Crippen MR) is 173 cm³/mol. The highest BCUT2D eigenvalue weighted by Crippen LogP contribution is 2.62. The zero-order valence-corrected chi connectivity index (χ0v) is 28.9. The molecule has 5 aliphatic heterocycles. The van der Waals surface area contributed by atoms with Gasteiger partial charge in [0, 0.05) is 24.3 Å². The van der Waals surface area contributed by atoms with Crippen LogP contribution < -0.4 is 0 Å². The maximum atomic E-state index is 13.7. The number of carbonyl (C=O) groups is 2. The zero-order valence-electron chi connectivity index (χ0n) is 28.9. The molecule has 7 rings (SSSR count). The van der Waals surface area contributed by atoms with Crippen molar-refractivity contribution in [3.05, 3.63) is 42.0 Å². The molecular formula is C36H48O16. The fourth-order valence-corrected chi connectivity index (χ4v) is 8.28. The van der Waals surface area contributed by atoms with Gasteiger partial charge in [0.05, 0.1) is 37.9 Å². The molecule has 6 aliphatic rings. The molecule has 5 saturated heterocycles. The molecule has 1 aromatic carbocycles. The van der Waals surface area contributed by atoms with E-state index in [1.807, 2.05) is 37.3 Å². The summed E-state index contributed by atoms with van der Waals surface area (Å²) in [5.41, 5.74) is 0.109. The van der Waals surface area contributed by atoms with E-state index < -0.39 is 109 Å². The average molecular weight is 737 g/mol. The molecule has 0 radical (unpaired) electrons. The van der Waals surface area contributed by atoms with Gasteiger partial charge < -0.3 is 68.5 Å². The molecule has 1 aromatic rings. The van der Waals surface area contributed by atoms with Gasteiger partial charge in [0.15, 0.2) is 18.0 Å². The first kappa shape index (κ1) is 37.7. The highest BCUT2D eigenvalue weighted by Gasteiger charge is 2.76. The van der Waals surface area contributed by atoms with Crippen LogP contribution in [-0.2, 0) is 47.5 Å². The summed E-state index contributed by atoms with van der Waals surface area (Å²) in [6.07, 6.45) is -11.9. The molecule has 6 fully saturated rings. The van der Waals surface area contributed by atoms with Gasteiger partial charge in [0.25, 0.3) is 0 Å². The molecule has 17 atom stereocenters. The Balaban J connectivity index is 1.01. The first-order valence-electron chi connectivity index (χ1n) is 17.9. The van der Waals surface area contributed by atoms with Crippen molar-refractivity contribution in [2.24, 2.45) is 17.8 Å². The van der Waals surface area contributed by atoms with Crippen molar-refractivity contribution < 1.29 is 78.1 Å². The highest BCUT2D eigenvalue weighted by molar-refractivity contribution is 5.87. The molecule has 16 nitrogen and oxygen atoms in total. The van der Waals surface area contributed by atoms with Crippen LogP contribution >= 0.6 is 0 Å². The Morgan fingerprint density at radius 3 is 2.37 bits per heavy atom. The number of carbonyl (C=O) groups excluding carboxylic acids is 2. The number of epoxide rings is 1. The van der Waals surface area contributed by atoms with Gasteiger partial charge in [-0.1, -0.05) is 37.3 Å². The van der Waals surface area contributed by atoms with Crippen LogP contribution in [0, 0.1) is 17.8 Å². The summed E-state index contributed by atoms with van der Waals surface area (Å²) in [6, 6.07) is 9.41. The lowest BCUT2D eigenvalue weighted by Gasteiger charge is -2.45. The first-order valence-corrected chi connectivity index (χ1v) is 17.9. The van der Waals surface area contributed by atoms with Crippen LogP contribution in [0.3, 0.4) is 0 Å². The Labute approximate surface area is 300 Å². The topological polar surface area (TPSA) is 233 Å². The van der Waals surface area contributed by atoms with Gasteiger partial charge in [0.2, 0.25) is 12.1 Å². The van der Waals surface area contributed by atoms with E-state index in [-0.39, 0.29) is 31.3 Å². The predicted octanol–water partition coefficient (Wildman–Crippen LogP) is -0.857. The summed E-state index contributed by atoms with van der Waals surface area (Å²) in [7, 11) is 0. The Hall–Kier alpha value is -2.58. The maximum absolute atomic E-state index is 13.7. The Morgan fingerprint density at radius 2 is 1.65 bits per heavy atom. The third-order valence-electron chi connectivity index (χ3n) is 11.5. The number of hydrogen-bond donors (Lipinski definition) is 6. The lowest BCUT2D eigenvalue weighted by molar-refractivity contribution is -0.360. The molecule has 5 heterocycles. The number of benzene rings is 1. The molecule has 1 saturated carbocycles. The molecule has 288 valence electrons. The van der Waals surface area contributed by atoms with Crippen LogP contribution in [0.5, 0.6) is 0 Å². The SMILES string of the molecule is CC1COC2(CC1OC(=O)/C=C/c1ccccc1)OC1CC(C(=O)OC3OC(CO)C(O)C(O)C3OC3OC(C)C(O)C(O)C3O)CCC1C21CO1. The van der Waals surface area contributed by atoms with E-state index in [1.165, 1.54) is 13.0 Å². The van der Waals surface area contributed by atoms with Crippen LogP contribution in [-0.4, -0.2) is 147 Å². The van der Waals surface area contributed by atoms with Crippen molar-refractivity contribution in [3.8, 4) is 0 Å². The Bertz CT molecular complexity index is 1450. The fourth-order valence-electron chi connectivity index (χ4n) is 8.28. The summed E-state index contributed by atoms with van der Waals surface area (Å²) in [5.74, 6) is -3.28. The van der Waals surface area contributed by atoms with Crippen molar-refractivity contribution >= 4 is 18.0 Å². The second kappa shape index (κ2) is 14.9. The van der Waals surface area contributed by atoms with Crippen LogP contribution in [0.15, 0.2) is 36.4 Å². The number of fused-ring (bicyclic) bond motifs is 3. The second-order valence-electron chi connectivity index (χ2n) is 14.8. The molecule has 1 aliphatic carbocycles. The van der Waals surface area contributed by atoms with Gasteiger partial charge in [-0.2, -0.15) is 0 Å². The van der Waals surface area contributed by atoms with Crippen molar-refractivity contribution in [1.29, 1.82) is 0 Å². The molecular weight excluding hydrogens is 688 g/mol. The minimum atomic E-state index is -1.76. The fraction of sp³-hybridized carbons (Fsp3) is 0.722. The average Bonchev–Trinajstić information content (AvgIpc) is 3.91. The van der Waals surface area contributed by atoms with E-state index in [9.17, 15) is 40.2 Å². The van der Waals surface area contributed by atoms with Gasteiger partial charge in [-0.3, -0.25) is 4.79 Å². The van der Waals surface area contributed by atoms with Gasteiger partial charge in [-0.25, -0.2) is 4.79 Å². The van der Waals surface area contributed by atoms with Crippen molar-refractivity contribution in [3.63, 3.8) is 0 Å². The lowest BCUT2D eigenvalue weighted by atomic mass is 9.72. The van der Waals surface area contributed by atoms with E-state index in [0.717, 1.165) is 5.56 Å². The molecule has 0 aromatic heterocycles. The van der Waals surface area contributed by atoms with E-state index in [1.54, 1.807) is 6.08 Å². The monoisotopic (exact) mass is 736 g/mol. The summed E-state index contributed by atoms with van der Waals surface area (Å²) in [4.78, 5) is 26.5. The largest absolute Gasteiger partial charge is 0.459 e. The third kappa shape index (κ3) is 6.93. The maximum Gasteiger partial charge on any atom is 0.331 e. The standard InChI is InChI=1S/C36H48O16/c1-17-15-45-36(13-23(17)48-25(38)11-8-19-6-4-3-5-7-19)35(16-46-35)21-10-9-20(12-22(21)52-36)32(44)51-34-31(29(42)27(40)24(14-37)49-34)50-33-30(43)28(41)26(39)18(2)47-33/h3-8,11,17-18,20-24,26-31,33-34,37,39-43H,9-10,12-16H2,1-2H3/b11-8+. The van der Waals surface area contributed by atoms with Crippen LogP contribution in [0.1, 0.15) is 45.1 Å². The quantitative estimate of drug-likeness (QED) is 0.108. The van der Waals surface area contributed by atoms with Crippen LogP contribution in [0.25, 0.3) is 6.08 Å². The van der Waals surface area contributed by atoms with Gasteiger partial charge in [-0.15, -0.1) is 0 Å². The molecule has 16 heteroatoms. The number of ether oxygens (including phenoxy) is 8. The molecule has 17 unspecified atom stereocenters. The molecule has 0 bridgehead atoms. The normalized spacial score (nSPS) is 47.3. The van der Waals surface area contributed by atoms with Crippen molar-refractivity contribution in [1.82, 2.24) is 0 Å². The smallest absolute Gasteiger partial charge is 0.331 e. The van der Waals surface area contributed by atoms with Crippen molar-refractivity contribution in [2.75, 3.05) is 19.8 Å². The highest BCUT2D eigenvalue weighted by atomic mass is 16.8. The van der Waals surface area contributed by atoms with E-state index in [2.05, 4.69) is 0 Å². The summed E-state index contributed by atoms with van der Waals surface area (Å²) in [6.45, 7) is 3.33. The minimum absolute atomic E-state index is 0.106. The van der Waals surface area contributed by atoms with E-state index in [4.69, 9.17) is 37.9 Å². The third-order valence-corrected chi connectivity index (χ3v) is 11.5. The number of rotatable bonds is 8. The van der Waals surface area contributed by atoms with Crippen LogP contribution in [0.4, 0.5) is 0 Å². The van der Waals surface area contributed by atoms with Gasteiger partial charge in [0.1, 0.15) is 42.7 Å². The summed E-state index contributed by atoms with van der Waals surface area (Å²) < 4.78 is 47.6. The van der Waals surface area contributed by atoms with Crippen LogP contribution in [0.2, 0.25) is 0 Å².